The molecule has 0 aliphatic heterocycles. The number of pyridine rings is 1. The molecule has 3 rings (SSSR count). The number of halogens is 1. The van der Waals surface area contributed by atoms with Crippen LogP contribution in [-0.2, 0) is 6.42 Å². The summed E-state index contributed by atoms with van der Waals surface area (Å²) < 4.78 is 13.2. The fraction of sp³-hybridized carbons (Fsp3) is 0.176. The van der Waals surface area contributed by atoms with Crippen molar-refractivity contribution in [1.82, 2.24) is 15.3 Å². The fourth-order valence-corrected chi connectivity index (χ4v) is 2.40. The molecule has 0 saturated carbocycles. The van der Waals surface area contributed by atoms with Gasteiger partial charge in [-0.2, -0.15) is 0 Å². The molecule has 2 N–H and O–H groups in total. The van der Waals surface area contributed by atoms with Crippen molar-refractivity contribution in [2.24, 2.45) is 0 Å². The van der Waals surface area contributed by atoms with Gasteiger partial charge in [-0.3, -0.25) is 4.79 Å². The minimum absolute atomic E-state index is 0.234. The quantitative estimate of drug-likeness (QED) is 0.778. The molecule has 0 aliphatic rings. The van der Waals surface area contributed by atoms with Gasteiger partial charge in [-0.05, 0) is 36.6 Å². The van der Waals surface area contributed by atoms with E-state index in [1.807, 2.05) is 30.5 Å². The summed E-state index contributed by atoms with van der Waals surface area (Å²) in [6.07, 6.45) is 3.75. The number of nitrogens with one attached hydrogen (secondary N) is 2. The first-order chi connectivity index (χ1) is 10.6. The van der Waals surface area contributed by atoms with Crippen LogP contribution in [0.2, 0.25) is 0 Å². The van der Waals surface area contributed by atoms with Crippen molar-refractivity contribution in [2.45, 2.75) is 13.3 Å². The van der Waals surface area contributed by atoms with Gasteiger partial charge in [-0.15, -0.1) is 0 Å². The molecule has 0 aliphatic carbocycles. The van der Waals surface area contributed by atoms with Crippen molar-refractivity contribution in [3.63, 3.8) is 0 Å². The molecular formula is C17H16FN3O. The highest BCUT2D eigenvalue weighted by molar-refractivity contribution is 5.92. The molecule has 2 aromatic heterocycles. The minimum Gasteiger partial charge on any atom is -0.361 e. The van der Waals surface area contributed by atoms with Gasteiger partial charge in [0.25, 0.3) is 5.91 Å². The number of aryl methyl sites for hydroxylation is 1. The van der Waals surface area contributed by atoms with Crippen molar-refractivity contribution >= 4 is 16.8 Å². The molecule has 3 aromatic rings. The molecule has 0 bridgehead atoms. The number of hydrogen-bond donors (Lipinski definition) is 2. The number of aromatic amines is 1. The number of rotatable bonds is 4. The summed E-state index contributed by atoms with van der Waals surface area (Å²) in [7, 11) is 0. The third kappa shape index (κ3) is 2.83. The Kier molecular flexibility index (Phi) is 3.87. The van der Waals surface area contributed by atoms with Crippen LogP contribution in [0.25, 0.3) is 10.9 Å². The molecule has 5 heteroatoms. The summed E-state index contributed by atoms with van der Waals surface area (Å²) in [5, 5.41) is 3.97. The highest BCUT2D eigenvalue weighted by atomic mass is 19.1. The zero-order valence-electron chi connectivity index (χ0n) is 12.2. The van der Waals surface area contributed by atoms with Crippen molar-refractivity contribution in [3.05, 3.63) is 65.4 Å². The maximum absolute atomic E-state index is 13.2. The van der Waals surface area contributed by atoms with Gasteiger partial charge >= 0.3 is 0 Å². The maximum Gasteiger partial charge on any atom is 0.269 e. The highest BCUT2D eigenvalue weighted by Crippen LogP contribution is 2.17. The van der Waals surface area contributed by atoms with E-state index in [0.29, 0.717) is 12.1 Å². The summed E-state index contributed by atoms with van der Waals surface area (Å²) in [6, 6.07) is 9.49. The van der Waals surface area contributed by atoms with E-state index in [2.05, 4.69) is 15.3 Å². The van der Waals surface area contributed by atoms with Gasteiger partial charge < -0.3 is 10.3 Å². The van der Waals surface area contributed by atoms with Crippen LogP contribution < -0.4 is 5.32 Å². The second kappa shape index (κ2) is 5.97. The first-order valence-corrected chi connectivity index (χ1v) is 7.10. The topological polar surface area (TPSA) is 57.8 Å². The third-order valence-corrected chi connectivity index (χ3v) is 3.63. The molecule has 0 spiro atoms. The number of carbonyl (C=O) groups is 1. The second-order valence-corrected chi connectivity index (χ2v) is 5.18. The standard InChI is InChI=1S/C17H16FN3O/c1-11-8-16(21-10-14(11)18)17(22)19-7-6-12-9-20-15-5-3-2-4-13(12)15/h2-5,8-10,20H,6-7H2,1H3,(H,19,22). The molecule has 0 unspecified atom stereocenters. The predicted molar refractivity (Wildman–Crippen MR) is 83.3 cm³/mol. The van der Waals surface area contributed by atoms with E-state index in [1.54, 1.807) is 6.92 Å². The number of carbonyl (C=O) groups excluding carboxylic acids is 1. The van der Waals surface area contributed by atoms with Crippen molar-refractivity contribution < 1.29 is 9.18 Å². The molecule has 2 heterocycles. The van der Waals surface area contributed by atoms with E-state index in [1.165, 1.54) is 6.07 Å². The van der Waals surface area contributed by atoms with Gasteiger partial charge in [0.15, 0.2) is 0 Å². The van der Waals surface area contributed by atoms with Crippen LogP contribution in [0.4, 0.5) is 4.39 Å². The maximum atomic E-state index is 13.2. The Morgan fingerprint density at radius 3 is 3.00 bits per heavy atom. The lowest BCUT2D eigenvalue weighted by molar-refractivity contribution is 0.0949. The molecule has 1 amide bonds. The first-order valence-electron chi connectivity index (χ1n) is 7.10. The molecule has 4 nitrogen and oxygen atoms in total. The minimum atomic E-state index is -0.407. The van der Waals surface area contributed by atoms with E-state index >= 15 is 0 Å². The number of H-pyrrole nitrogens is 1. The Labute approximate surface area is 127 Å². The number of benzene rings is 1. The van der Waals surface area contributed by atoms with Crippen molar-refractivity contribution in [3.8, 4) is 0 Å². The van der Waals surface area contributed by atoms with E-state index in [9.17, 15) is 9.18 Å². The Balaban J connectivity index is 1.63. The smallest absolute Gasteiger partial charge is 0.269 e. The first kappa shape index (κ1) is 14.3. The SMILES string of the molecule is Cc1cc(C(=O)NCCc2c[nH]c3ccccc23)ncc1F. The van der Waals surface area contributed by atoms with Gasteiger partial charge in [-0.25, -0.2) is 9.37 Å². The zero-order valence-corrected chi connectivity index (χ0v) is 12.2. The second-order valence-electron chi connectivity index (χ2n) is 5.18. The van der Waals surface area contributed by atoms with Crippen molar-refractivity contribution in [2.75, 3.05) is 6.54 Å². The van der Waals surface area contributed by atoms with Gasteiger partial charge in [0, 0.05) is 23.6 Å². The molecule has 0 saturated heterocycles. The average Bonchev–Trinajstić information content (AvgIpc) is 2.93. The number of aromatic nitrogens is 2. The largest absolute Gasteiger partial charge is 0.361 e. The van der Waals surface area contributed by atoms with Crippen LogP contribution in [-0.4, -0.2) is 22.4 Å². The van der Waals surface area contributed by atoms with E-state index in [4.69, 9.17) is 0 Å². The summed E-state index contributed by atoms with van der Waals surface area (Å²) in [5.41, 5.74) is 2.88. The lowest BCUT2D eigenvalue weighted by atomic mass is 10.1. The number of hydrogen-bond acceptors (Lipinski definition) is 2. The van der Waals surface area contributed by atoms with Crippen LogP contribution in [0.5, 0.6) is 0 Å². The Morgan fingerprint density at radius 2 is 2.18 bits per heavy atom. The van der Waals surface area contributed by atoms with Gasteiger partial charge in [-0.1, -0.05) is 18.2 Å². The molecule has 0 atom stereocenters. The normalized spacial score (nSPS) is 10.8. The van der Waals surface area contributed by atoms with Gasteiger partial charge in [0.2, 0.25) is 0 Å². The van der Waals surface area contributed by atoms with Gasteiger partial charge in [0.05, 0.1) is 6.20 Å². The molecule has 22 heavy (non-hydrogen) atoms. The fourth-order valence-electron chi connectivity index (χ4n) is 2.40. The third-order valence-electron chi connectivity index (χ3n) is 3.63. The Bertz CT molecular complexity index is 826. The van der Waals surface area contributed by atoms with E-state index in [0.717, 1.165) is 29.1 Å². The number of amides is 1. The summed E-state index contributed by atoms with van der Waals surface area (Å²) >= 11 is 0. The van der Waals surface area contributed by atoms with E-state index < -0.39 is 5.82 Å². The van der Waals surface area contributed by atoms with Crippen LogP contribution in [0.3, 0.4) is 0 Å². The predicted octanol–water partition coefficient (Wildman–Crippen LogP) is 2.98. The average molecular weight is 297 g/mol. The molecule has 1 aromatic carbocycles. The lowest BCUT2D eigenvalue weighted by Gasteiger charge is -2.05. The molecular weight excluding hydrogens is 281 g/mol. The van der Waals surface area contributed by atoms with Gasteiger partial charge in [0.1, 0.15) is 11.5 Å². The van der Waals surface area contributed by atoms with Crippen molar-refractivity contribution in [1.29, 1.82) is 0 Å². The number of fused-ring (bicyclic) bond motifs is 1. The molecule has 0 fully saturated rings. The Morgan fingerprint density at radius 1 is 1.36 bits per heavy atom. The zero-order chi connectivity index (χ0) is 15.5. The van der Waals surface area contributed by atoms with E-state index in [-0.39, 0.29) is 11.6 Å². The number of nitrogens with zero attached hydrogens (tertiary/aromatic N) is 1. The molecule has 0 radical (unpaired) electrons. The van der Waals surface area contributed by atoms with Crippen LogP contribution in [0.15, 0.2) is 42.7 Å². The summed E-state index contributed by atoms with van der Waals surface area (Å²) in [6.45, 7) is 2.11. The highest BCUT2D eigenvalue weighted by Gasteiger charge is 2.09. The Hall–Kier alpha value is -2.69. The summed E-state index contributed by atoms with van der Waals surface area (Å²) in [4.78, 5) is 19.0. The van der Waals surface area contributed by atoms with Crippen LogP contribution in [0, 0.1) is 12.7 Å². The summed E-state index contributed by atoms with van der Waals surface area (Å²) in [5.74, 6) is -0.696. The molecule has 112 valence electrons. The number of para-hydroxylation sites is 1. The van der Waals surface area contributed by atoms with Crippen LogP contribution in [0.1, 0.15) is 21.6 Å². The monoisotopic (exact) mass is 297 g/mol. The van der Waals surface area contributed by atoms with Crippen LogP contribution >= 0.6 is 0 Å². The lowest BCUT2D eigenvalue weighted by Crippen LogP contribution is -2.26.